The summed E-state index contributed by atoms with van der Waals surface area (Å²) in [5, 5.41) is 0. The van der Waals surface area contributed by atoms with Gasteiger partial charge in [0.1, 0.15) is 12.4 Å². The van der Waals surface area contributed by atoms with Gasteiger partial charge in [0.2, 0.25) is 0 Å². The minimum absolute atomic E-state index is 0.0136. The third-order valence-corrected chi connectivity index (χ3v) is 4.20. The Labute approximate surface area is 156 Å². The normalized spacial score (nSPS) is 11.4. The molecule has 3 nitrogen and oxygen atoms in total. The monoisotopic (exact) mass is 352 g/mol. The average molecular weight is 352 g/mol. The van der Waals surface area contributed by atoms with Crippen LogP contribution < -0.4 is 4.74 Å². The number of methoxy groups -OCH3 is 1. The van der Waals surface area contributed by atoms with Crippen LogP contribution in [-0.4, -0.2) is 26.1 Å². The van der Waals surface area contributed by atoms with Crippen molar-refractivity contribution in [1.29, 1.82) is 0 Å². The Balaban J connectivity index is 1.90. The molecule has 0 unspecified atom stereocenters. The molecule has 0 aromatic heterocycles. The maximum Gasteiger partial charge on any atom is 0.188 e. The van der Waals surface area contributed by atoms with Crippen LogP contribution in [0, 0.1) is 0 Å². The average Bonchev–Trinajstić information content (AvgIpc) is 2.68. The van der Waals surface area contributed by atoms with E-state index in [4.69, 9.17) is 9.47 Å². The molecular weight excluding hydrogens is 324 g/mol. The summed E-state index contributed by atoms with van der Waals surface area (Å²) in [5.74, 6) is 0.728. The van der Waals surface area contributed by atoms with Crippen molar-refractivity contribution in [3.63, 3.8) is 0 Å². The van der Waals surface area contributed by atoms with E-state index in [1.54, 1.807) is 31.4 Å². The standard InChI is InChI=1S/C23H28O3/c1-3-4-6-11-20(16-19-9-7-5-8-10-19)17-26-18-23(24)21-12-14-22(25-2)15-13-21/h5,7-10,12-16H,3-4,6,11,17-18H2,1-2H3. The Bertz CT molecular complexity index is 687. The summed E-state index contributed by atoms with van der Waals surface area (Å²) >= 11 is 0. The number of ether oxygens (including phenoxy) is 2. The van der Waals surface area contributed by atoms with Gasteiger partial charge < -0.3 is 9.47 Å². The zero-order chi connectivity index (χ0) is 18.6. The third kappa shape index (κ3) is 6.85. The molecule has 0 amide bonds. The second-order valence-corrected chi connectivity index (χ2v) is 6.31. The van der Waals surface area contributed by atoms with Crippen LogP contribution in [0.1, 0.15) is 48.5 Å². The first kappa shape index (κ1) is 19.9. The Morgan fingerprint density at radius 2 is 1.69 bits per heavy atom. The quantitative estimate of drug-likeness (QED) is 0.392. The van der Waals surface area contributed by atoms with Gasteiger partial charge in [-0.05, 0) is 48.2 Å². The fourth-order valence-corrected chi connectivity index (χ4v) is 2.71. The number of carbonyl (C=O) groups is 1. The maximum absolute atomic E-state index is 12.3. The summed E-state index contributed by atoms with van der Waals surface area (Å²) in [6, 6.07) is 17.4. The van der Waals surface area contributed by atoms with E-state index in [2.05, 4.69) is 25.1 Å². The number of Topliss-reactive ketones (excluding diaryl/α,β-unsaturated/α-hetero) is 1. The Morgan fingerprint density at radius 1 is 0.962 bits per heavy atom. The van der Waals surface area contributed by atoms with Crippen LogP contribution in [0.4, 0.5) is 0 Å². The third-order valence-electron chi connectivity index (χ3n) is 4.20. The largest absolute Gasteiger partial charge is 0.497 e. The van der Waals surface area contributed by atoms with Gasteiger partial charge in [-0.25, -0.2) is 0 Å². The molecule has 2 aromatic rings. The van der Waals surface area contributed by atoms with Crippen LogP contribution in [0.5, 0.6) is 5.75 Å². The molecule has 0 spiro atoms. The van der Waals surface area contributed by atoms with Crippen molar-refractivity contribution < 1.29 is 14.3 Å². The number of unbranched alkanes of at least 4 members (excludes halogenated alkanes) is 2. The molecule has 0 aliphatic heterocycles. The fourth-order valence-electron chi connectivity index (χ4n) is 2.71. The van der Waals surface area contributed by atoms with E-state index in [9.17, 15) is 4.79 Å². The van der Waals surface area contributed by atoms with E-state index >= 15 is 0 Å². The van der Waals surface area contributed by atoms with Gasteiger partial charge in [0.05, 0.1) is 13.7 Å². The molecular formula is C23H28O3. The van der Waals surface area contributed by atoms with Crippen LogP contribution in [0.25, 0.3) is 6.08 Å². The molecule has 26 heavy (non-hydrogen) atoms. The van der Waals surface area contributed by atoms with E-state index in [1.807, 2.05) is 18.2 Å². The predicted molar refractivity (Wildman–Crippen MR) is 107 cm³/mol. The van der Waals surface area contributed by atoms with Crippen molar-refractivity contribution in [3.8, 4) is 5.75 Å². The maximum atomic E-state index is 12.3. The second kappa shape index (κ2) is 11.3. The molecule has 3 heteroatoms. The smallest absolute Gasteiger partial charge is 0.188 e. The number of benzene rings is 2. The fraction of sp³-hybridized carbons (Fsp3) is 0.348. The Hall–Kier alpha value is -2.39. The van der Waals surface area contributed by atoms with Gasteiger partial charge in [-0.3, -0.25) is 4.79 Å². The first-order valence-corrected chi connectivity index (χ1v) is 9.22. The summed E-state index contributed by atoms with van der Waals surface area (Å²) in [6.45, 7) is 2.78. The Morgan fingerprint density at radius 3 is 2.35 bits per heavy atom. The summed E-state index contributed by atoms with van der Waals surface area (Å²) in [5.41, 5.74) is 3.04. The molecule has 0 fully saturated rings. The zero-order valence-electron chi connectivity index (χ0n) is 15.7. The van der Waals surface area contributed by atoms with Crippen LogP contribution in [0.3, 0.4) is 0 Å². The number of hydrogen-bond donors (Lipinski definition) is 0. The van der Waals surface area contributed by atoms with E-state index < -0.39 is 0 Å². The van der Waals surface area contributed by atoms with Crippen molar-refractivity contribution in [2.45, 2.75) is 32.6 Å². The summed E-state index contributed by atoms with van der Waals surface area (Å²) < 4.78 is 10.8. The van der Waals surface area contributed by atoms with Crippen molar-refractivity contribution in [1.82, 2.24) is 0 Å². The number of ketones is 1. The molecule has 0 heterocycles. The molecule has 0 aliphatic carbocycles. The molecule has 2 aromatic carbocycles. The number of hydrogen-bond acceptors (Lipinski definition) is 3. The van der Waals surface area contributed by atoms with Crippen molar-refractivity contribution in [2.75, 3.05) is 20.3 Å². The van der Waals surface area contributed by atoms with Gasteiger partial charge in [-0.1, -0.05) is 56.2 Å². The second-order valence-electron chi connectivity index (χ2n) is 6.31. The minimum Gasteiger partial charge on any atom is -0.497 e. The topological polar surface area (TPSA) is 35.5 Å². The van der Waals surface area contributed by atoms with Crippen molar-refractivity contribution in [2.24, 2.45) is 0 Å². The molecule has 2 rings (SSSR count). The molecule has 0 aliphatic rings. The van der Waals surface area contributed by atoms with Gasteiger partial charge >= 0.3 is 0 Å². The highest BCUT2D eigenvalue weighted by Crippen LogP contribution is 2.15. The summed E-state index contributed by atoms with van der Waals surface area (Å²) in [7, 11) is 1.61. The van der Waals surface area contributed by atoms with Gasteiger partial charge in [0.25, 0.3) is 0 Å². The lowest BCUT2D eigenvalue weighted by Gasteiger charge is -2.09. The summed E-state index contributed by atoms with van der Waals surface area (Å²) in [6.07, 6.45) is 6.71. The highest BCUT2D eigenvalue weighted by Gasteiger charge is 2.07. The molecule has 138 valence electrons. The van der Waals surface area contributed by atoms with Gasteiger partial charge in [-0.15, -0.1) is 0 Å². The summed E-state index contributed by atoms with van der Waals surface area (Å²) in [4.78, 5) is 12.3. The zero-order valence-corrected chi connectivity index (χ0v) is 15.7. The first-order valence-electron chi connectivity index (χ1n) is 9.22. The molecule has 0 N–H and O–H groups in total. The predicted octanol–water partition coefficient (Wildman–Crippen LogP) is 5.56. The highest BCUT2D eigenvalue weighted by molar-refractivity contribution is 5.97. The van der Waals surface area contributed by atoms with Crippen LogP contribution in [-0.2, 0) is 4.74 Å². The number of rotatable bonds is 11. The van der Waals surface area contributed by atoms with Gasteiger partial charge in [0.15, 0.2) is 5.78 Å². The van der Waals surface area contributed by atoms with Crippen molar-refractivity contribution >= 4 is 11.9 Å². The molecule has 0 radical (unpaired) electrons. The van der Waals surface area contributed by atoms with Crippen LogP contribution in [0.15, 0.2) is 60.2 Å². The van der Waals surface area contributed by atoms with E-state index in [0.29, 0.717) is 12.2 Å². The Kier molecular flexibility index (Phi) is 8.64. The lowest BCUT2D eigenvalue weighted by Crippen LogP contribution is -2.11. The molecule has 0 atom stereocenters. The lowest BCUT2D eigenvalue weighted by atomic mass is 10.0. The number of carbonyl (C=O) groups excluding carboxylic acids is 1. The van der Waals surface area contributed by atoms with Gasteiger partial charge in [-0.2, -0.15) is 0 Å². The minimum atomic E-state index is -0.0136. The van der Waals surface area contributed by atoms with Gasteiger partial charge in [0, 0.05) is 5.56 Å². The first-order chi connectivity index (χ1) is 12.7. The van der Waals surface area contributed by atoms with E-state index in [0.717, 1.165) is 18.6 Å². The lowest BCUT2D eigenvalue weighted by molar-refractivity contribution is 0.0795. The molecule has 0 bridgehead atoms. The van der Waals surface area contributed by atoms with E-state index in [1.165, 1.54) is 24.0 Å². The molecule has 0 saturated heterocycles. The van der Waals surface area contributed by atoms with E-state index in [-0.39, 0.29) is 12.4 Å². The van der Waals surface area contributed by atoms with Crippen LogP contribution >= 0.6 is 0 Å². The SMILES string of the molecule is CCCCCC(=Cc1ccccc1)COCC(=O)c1ccc(OC)cc1. The molecule has 0 saturated carbocycles. The van der Waals surface area contributed by atoms with Crippen molar-refractivity contribution in [3.05, 3.63) is 71.3 Å². The van der Waals surface area contributed by atoms with Crippen LogP contribution in [0.2, 0.25) is 0 Å². The highest BCUT2D eigenvalue weighted by atomic mass is 16.5.